The molecule has 154 valence electrons. The molecule has 0 spiro atoms. The van der Waals surface area contributed by atoms with Gasteiger partial charge in [0.15, 0.2) is 0 Å². The van der Waals surface area contributed by atoms with Crippen molar-refractivity contribution in [3.63, 3.8) is 0 Å². The Kier molecular flexibility index (Phi) is 6.69. The van der Waals surface area contributed by atoms with Crippen LogP contribution in [0.2, 0.25) is 0 Å². The van der Waals surface area contributed by atoms with E-state index in [2.05, 4.69) is 5.32 Å². The van der Waals surface area contributed by atoms with E-state index in [4.69, 9.17) is 9.47 Å². The van der Waals surface area contributed by atoms with Crippen molar-refractivity contribution in [3.8, 4) is 11.5 Å². The fraction of sp³-hybridized carbons (Fsp3) is 0.364. The molecule has 0 saturated carbocycles. The SMILES string of the molecule is COc1ccc(OC)c(C2CCN(C(=O)CCNC(=O)c3ccc(F)cc3)C2)c1. The zero-order chi connectivity index (χ0) is 20.8. The van der Waals surface area contributed by atoms with Crippen molar-refractivity contribution >= 4 is 11.8 Å². The second-order valence-electron chi connectivity index (χ2n) is 6.95. The number of carbonyl (C=O) groups excluding carboxylic acids is 2. The van der Waals surface area contributed by atoms with E-state index >= 15 is 0 Å². The van der Waals surface area contributed by atoms with Crippen LogP contribution in [-0.2, 0) is 4.79 Å². The van der Waals surface area contributed by atoms with Crippen LogP contribution in [0.3, 0.4) is 0 Å². The van der Waals surface area contributed by atoms with Crippen molar-refractivity contribution in [3.05, 3.63) is 59.4 Å². The summed E-state index contributed by atoms with van der Waals surface area (Å²) in [5, 5.41) is 2.70. The number of amides is 2. The standard InChI is InChI=1S/C22H25FN2O4/c1-28-18-7-8-20(29-2)19(13-18)16-10-12-25(14-16)21(26)9-11-24-22(27)15-3-5-17(23)6-4-15/h3-8,13,16H,9-12,14H2,1-2H3,(H,24,27). The van der Waals surface area contributed by atoms with E-state index in [1.807, 2.05) is 23.1 Å². The van der Waals surface area contributed by atoms with E-state index in [9.17, 15) is 14.0 Å². The highest BCUT2D eigenvalue weighted by Crippen LogP contribution is 2.36. The van der Waals surface area contributed by atoms with Gasteiger partial charge in [0.1, 0.15) is 17.3 Å². The molecule has 2 aromatic rings. The lowest BCUT2D eigenvalue weighted by molar-refractivity contribution is -0.130. The van der Waals surface area contributed by atoms with Crippen molar-refractivity contribution in [1.82, 2.24) is 10.2 Å². The van der Waals surface area contributed by atoms with E-state index in [0.29, 0.717) is 18.7 Å². The third-order valence-corrected chi connectivity index (χ3v) is 5.15. The minimum Gasteiger partial charge on any atom is -0.497 e. The number of halogens is 1. The van der Waals surface area contributed by atoms with Gasteiger partial charge in [0.2, 0.25) is 5.91 Å². The third-order valence-electron chi connectivity index (χ3n) is 5.15. The zero-order valence-electron chi connectivity index (χ0n) is 16.6. The maximum atomic E-state index is 12.9. The average Bonchev–Trinajstić information content (AvgIpc) is 3.23. The topological polar surface area (TPSA) is 67.9 Å². The Bertz CT molecular complexity index is 870. The molecule has 1 saturated heterocycles. The lowest BCUT2D eigenvalue weighted by atomic mass is 9.97. The van der Waals surface area contributed by atoms with Gasteiger partial charge in [0, 0.05) is 43.1 Å². The van der Waals surface area contributed by atoms with E-state index < -0.39 is 5.82 Å². The highest BCUT2D eigenvalue weighted by Gasteiger charge is 2.29. The van der Waals surface area contributed by atoms with Crippen LogP contribution < -0.4 is 14.8 Å². The number of nitrogens with one attached hydrogen (secondary N) is 1. The number of benzene rings is 2. The smallest absolute Gasteiger partial charge is 0.251 e. The van der Waals surface area contributed by atoms with Gasteiger partial charge in [-0.05, 0) is 48.9 Å². The summed E-state index contributed by atoms with van der Waals surface area (Å²) in [4.78, 5) is 26.4. The average molecular weight is 400 g/mol. The van der Waals surface area contributed by atoms with E-state index in [-0.39, 0.29) is 30.7 Å². The number of ether oxygens (including phenoxy) is 2. The molecule has 0 aliphatic carbocycles. The van der Waals surface area contributed by atoms with Crippen LogP contribution in [0.4, 0.5) is 4.39 Å². The molecule has 1 aliphatic rings. The predicted octanol–water partition coefficient (Wildman–Crippen LogP) is 2.98. The van der Waals surface area contributed by atoms with E-state index in [1.165, 1.54) is 24.3 Å². The summed E-state index contributed by atoms with van der Waals surface area (Å²) in [6.45, 7) is 1.50. The summed E-state index contributed by atoms with van der Waals surface area (Å²) in [6.07, 6.45) is 1.06. The van der Waals surface area contributed by atoms with Gasteiger partial charge in [0.05, 0.1) is 14.2 Å². The summed E-state index contributed by atoms with van der Waals surface area (Å²) in [5.74, 6) is 1.00. The van der Waals surface area contributed by atoms with Crippen molar-refractivity contribution in [2.24, 2.45) is 0 Å². The van der Waals surface area contributed by atoms with Crippen molar-refractivity contribution in [2.45, 2.75) is 18.8 Å². The predicted molar refractivity (Wildman–Crippen MR) is 107 cm³/mol. The van der Waals surface area contributed by atoms with Gasteiger partial charge < -0.3 is 19.7 Å². The first-order valence-electron chi connectivity index (χ1n) is 9.55. The molecule has 1 aliphatic heterocycles. The Labute approximate surface area is 169 Å². The molecule has 0 radical (unpaired) electrons. The second-order valence-corrected chi connectivity index (χ2v) is 6.95. The van der Waals surface area contributed by atoms with Crippen LogP contribution in [0.1, 0.15) is 34.7 Å². The zero-order valence-corrected chi connectivity index (χ0v) is 16.6. The molecule has 29 heavy (non-hydrogen) atoms. The quantitative estimate of drug-likeness (QED) is 0.776. The van der Waals surface area contributed by atoms with Crippen LogP contribution in [0.5, 0.6) is 11.5 Å². The molecule has 2 amide bonds. The number of rotatable bonds is 7. The first kappa shape index (κ1) is 20.6. The molecular formula is C22H25FN2O4. The number of likely N-dealkylation sites (tertiary alicyclic amines) is 1. The number of hydrogen-bond donors (Lipinski definition) is 1. The van der Waals surface area contributed by atoms with Crippen LogP contribution in [-0.4, -0.2) is 50.6 Å². The fourth-order valence-corrected chi connectivity index (χ4v) is 3.54. The summed E-state index contributed by atoms with van der Waals surface area (Å²) >= 11 is 0. The first-order valence-corrected chi connectivity index (χ1v) is 9.55. The minimum absolute atomic E-state index is 0.00577. The number of methoxy groups -OCH3 is 2. The van der Waals surface area contributed by atoms with Crippen molar-refractivity contribution in [1.29, 1.82) is 0 Å². The lowest BCUT2D eigenvalue weighted by Crippen LogP contribution is -2.33. The van der Waals surface area contributed by atoms with Crippen LogP contribution in [0, 0.1) is 5.82 Å². The Morgan fingerprint density at radius 3 is 2.59 bits per heavy atom. The van der Waals surface area contributed by atoms with Gasteiger partial charge in [-0.2, -0.15) is 0 Å². The largest absolute Gasteiger partial charge is 0.497 e. The number of carbonyl (C=O) groups is 2. The normalized spacial score (nSPS) is 15.8. The fourth-order valence-electron chi connectivity index (χ4n) is 3.54. The molecule has 1 fully saturated rings. The molecule has 2 aromatic carbocycles. The monoisotopic (exact) mass is 400 g/mol. The van der Waals surface area contributed by atoms with E-state index in [1.54, 1.807) is 14.2 Å². The highest BCUT2D eigenvalue weighted by molar-refractivity contribution is 5.94. The maximum absolute atomic E-state index is 12.9. The molecule has 1 unspecified atom stereocenters. The van der Waals surface area contributed by atoms with Crippen molar-refractivity contribution < 1.29 is 23.5 Å². The lowest BCUT2D eigenvalue weighted by Gasteiger charge is -2.18. The van der Waals surface area contributed by atoms with Crippen LogP contribution in [0.15, 0.2) is 42.5 Å². The van der Waals surface area contributed by atoms with Gasteiger partial charge in [-0.15, -0.1) is 0 Å². The molecule has 1 N–H and O–H groups in total. The van der Waals surface area contributed by atoms with Crippen LogP contribution >= 0.6 is 0 Å². The number of hydrogen-bond acceptors (Lipinski definition) is 4. The van der Waals surface area contributed by atoms with Gasteiger partial charge in [0.25, 0.3) is 5.91 Å². The summed E-state index contributed by atoms with van der Waals surface area (Å²) in [5.41, 5.74) is 1.40. The van der Waals surface area contributed by atoms with Gasteiger partial charge >= 0.3 is 0 Å². The van der Waals surface area contributed by atoms with Crippen molar-refractivity contribution in [2.75, 3.05) is 33.9 Å². The number of nitrogens with zero attached hydrogens (tertiary/aromatic N) is 1. The molecule has 7 heteroatoms. The third kappa shape index (κ3) is 5.04. The molecule has 6 nitrogen and oxygen atoms in total. The Balaban J connectivity index is 1.52. The summed E-state index contributed by atoms with van der Waals surface area (Å²) in [6, 6.07) is 11.0. The molecule has 1 heterocycles. The molecule has 0 bridgehead atoms. The Morgan fingerprint density at radius 1 is 1.14 bits per heavy atom. The Hall–Kier alpha value is -3.09. The molecule has 3 rings (SSSR count). The maximum Gasteiger partial charge on any atom is 0.251 e. The van der Waals surface area contributed by atoms with Crippen LogP contribution in [0.25, 0.3) is 0 Å². The molecular weight excluding hydrogens is 375 g/mol. The highest BCUT2D eigenvalue weighted by atomic mass is 19.1. The van der Waals surface area contributed by atoms with Gasteiger partial charge in [-0.25, -0.2) is 4.39 Å². The molecule has 1 atom stereocenters. The summed E-state index contributed by atoms with van der Waals surface area (Å²) in [7, 11) is 3.25. The molecule has 0 aromatic heterocycles. The van der Waals surface area contributed by atoms with Gasteiger partial charge in [-0.1, -0.05) is 0 Å². The van der Waals surface area contributed by atoms with E-state index in [0.717, 1.165) is 23.5 Å². The first-order chi connectivity index (χ1) is 14.0. The Morgan fingerprint density at radius 2 is 1.90 bits per heavy atom. The summed E-state index contributed by atoms with van der Waals surface area (Å²) < 4.78 is 23.7. The minimum atomic E-state index is -0.395. The second kappa shape index (κ2) is 9.41. The van der Waals surface area contributed by atoms with Gasteiger partial charge in [-0.3, -0.25) is 9.59 Å².